The number of nitrogens with zero attached hydrogens (tertiary/aromatic N) is 1. The summed E-state index contributed by atoms with van der Waals surface area (Å²) < 4.78 is 5.02. The predicted molar refractivity (Wildman–Crippen MR) is 41.8 cm³/mol. The molecule has 0 saturated carbocycles. The van der Waals surface area contributed by atoms with Crippen molar-refractivity contribution < 1.29 is 9.53 Å². The summed E-state index contributed by atoms with van der Waals surface area (Å²) in [5.74, 6) is 0.262. The number of aliphatic imine (C=N–C) groups is 1. The maximum Gasteiger partial charge on any atom is 0.286 e. The summed E-state index contributed by atoms with van der Waals surface area (Å²) in [4.78, 5) is 15.3. The van der Waals surface area contributed by atoms with Gasteiger partial charge in [-0.25, -0.2) is 0 Å². The van der Waals surface area contributed by atoms with E-state index in [0.29, 0.717) is 5.90 Å². The minimum absolute atomic E-state index is 0.0905. The zero-order valence-corrected chi connectivity index (χ0v) is 6.43. The van der Waals surface area contributed by atoms with Crippen LogP contribution in [0, 0.1) is 0 Å². The lowest BCUT2D eigenvalue weighted by Crippen LogP contribution is -1.98. The number of thiophene rings is 1. The summed E-state index contributed by atoms with van der Waals surface area (Å²) in [5, 5.41) is 1.92. The minimum atomic E-state index is -0.201. The maximum atomic E-state index is 10.6. The van der Waals surface area contributed by atoms with Gasteiger partial charge in [0, 0.05) is 0 Å². The lowest BCUT2D eigenvalue weighted by Gasteiger charge is -1.93. The van der Waals surface area contributed by atoms with Gasteiger partial charge in [-0.1, -0.05) is 6.07 Å². The van der Waals surface area contributed by atoms with E-state index in [0.717, 1.165) is 4.88 Å². The topological polar surface area (TPSA) is 38.7 Å². The first-order valence-electron chi connectivity index (χ1n) is 3.14. The van der Waals surface area contributed by atoms with Crippen molar-refractivity contribution in [1.82, 2.24) is 0 Å². The minimum Gasteiger partial charge on any atom is -0.466 e. The van der Waals surface area contributed by atoms with Crippen LogP contribution in [0.5, 0.6) is 0 Å². The molecule has 0 aliphatic carbocycles. The number of amides is 1. The van der Waals surface area contributed by atoms with Gasteiger partial charge >= 0.3 is 0 Å². The molecule has 1 amide bonds. The van der Waals surface area contributed by atoms with Crippen LogP contribution >= 0.6 is 11.3 Å². The third kappa shape index (κ3) is 1.17. The first kappa shape index (κ1) is 6.54. The van der Waals surface area contributed by atoms with E-state index in [1.807, 2.05) is 17.5 Å². The Morgan fingerprint density at radius 3 is 3.09 bits per heavy atom. The quantitative estimate of drug-likeness (QED) is 0.627. The molecule has 0 unspecified atom stereocenters. The Morgan fingerprint density at radius 1 is 1.64 bits per heavy atom. The van der Waals surface area contributed by atoms with Gasteiger partial charge in [0.05, 0.1) is 4.88 Å². The highest BCUT2D eigenvalue weighted by atomic mass is 32.1. The summed E-state index contributed by atoms with van der Waals surface area (Å²) in [5.41, 5.74) is 0. The largest absolute Gasteiger partial charge is 0.466 e. The zero-order valence-electron chi connectivity index (χ0n) is 5.61. The molecular formula is C7H5NO2S. The molecule has 1 aromatic heterocycles. The van der Waals surface area contributed by atoms with Crippen LogP contribution < -0.4 is 0 Å². The molecule has 56 valence electrons. The predicted octanol–water partition coefficient (Wildman–Crippen LogP) is 1.05. The second kappa shape index (κ2) is 2.47. The van der Waals surface area contributed by atoms with Crippen molar-refractivity contribution in [2.24, 2.45) is 4.99 Å². The molecular weight excluding hydrogens is 162 g/mol. The van der Waals surface area contributed by atoms with Crippen LogP contribution in [-0.2, 0) is 9.53 Å². The molecule has 0 bridgehead atoms. The van der Waals surface area contributed by atoms with E-state index >= 15 is 0 Å². The summed E-state index contributed by atoms with van der Waals surface area (Å²) in [7, 11) is 0. The Kier molecular flexibility index (Phi) is 1.47. The highest BCUT2D eigenvalue weighted by Gasteiger charge is 2.16. The van der Waals surface area contributed by atoms with Gasteiger partial charge < -0.3 is 4.74 Å². The van der Waals surface area contributed by atoms with E-state index in [2.05, 4.69) is 4.99 Å². The van der Waals surface area contributed by atoms with Gasteiger partial charge in [0.2, 0.25) is 5.90 Å². The normalized spacial score (nSPS) is 16.4. The van der Waals surface area contributed by atoms with Crippen LogP contribution in [0.15, 0.2) is 22.5 Å². The summed E-state index contributed by atoms with van der Waals surface area (Å²) in [6.45, 7) is 0.0905. The Bertz CT molecular complexity index is 302. The second-order valence-corrected chi connectivity index (χ2v) is 3.02. The monoisotopic (exact) mass is 167 g/mol. The number of hydrogen-bond donors (Lipinski definition) is 0. The summed E-state index contributed by atoms with van der Waals surface area (Å²) in [6, 6.07) is 3.77. The van der Waals surface area contributed by atoms with E-state index in [1.165, 1.54) is 11.3 Å². The second-order valence-electron chi connectivity index (χ2n) is 2.08. The lowest BCUT2D eigenvalue weighted by atomic mass is 10.5. The van der Waals surface area contributed by atoms with E-state index in [1.54, 1.807) is 0 Å². The average Bonchev–Trinajstić information content (AvgIpc) is 2.55. The molecule has 1 aliphatic rings. The smallest absolute Gasteiger partial charge is 0.286 e. The van der Waals surface area contributed by atoms with Crippen LogP contribution in [0.4, 0.5) is 0 Å². The number of rotatable bonds is 1. The third-order valence-corrected chi connectivity index (χ3v) is 2.15. The number of hydrogen-bond acceptors (Lipinski definition) is 3. The zero-order chi connectivity index (χ0) is 7.68. The molecule has 0 spiro atoms. The SMILES string of the molecule is O=C1COC(c2cccs2)=N1. The Labute approximate surface area is 67.3 Å². The van der Waals surface area contributed by atoms with Gasteiger partial charge in [0.1, 0.15) is 0 Å². The molecule has 0 atom stereocenters. The molecule has 1 aromatic rings. The molecule has 0 radical (unpaired) electrons. The number of carbonyl (C=O) groups is 1. The third-order valence-electron chi connectivity index (χ3n) is 1.29. The molecule has 4 heteroatoms. The van der Waals surface area contributed by atoms with E-state index < -0.39 is 0 Å². The Balaban J connectivity index is 2.31. The van der Waals surface area contributed by atoms with Gasteiger partial charge in [-0.2, -0.15) is 4.99 Å². The molecule has 11 heavy (non-hydrogen) atoms. The standard InChI is InChI=1S/C7H5NO2S/c9-6-4-10-7(8-6)5-2-1-3-11-5/h1-3H,4H2. The molecule has 0 fully saturated rings. The van der Waals surface area contributed by atoms with Crippen molar-refractivity contribution >= 4 is 23.1 Å². The Morgan fingerprint density at radius 2 is 2.55 bits per heavy atom. The summed E-state index contributed by atoms with van der Waals surface area (Å²) >= 11 is 1.51. The van der Waals surface area contributed by atoms with E-state index in [4.69, 9.17) is 4.74 Å². The van der Waals surface area contributed by atoms with Gasteiger partial charge in [0.15, 0.2) is 6.61 Å². The van der Waals surface area contributed by atoms with Crippen LogP contribution in [-0.4, -0.2) is 18.4 Å². The average molecular weight is 167 g/mol. The fourth-order valence-corrected chi connectivity index (χ4v) is 1.50. The van der Waals surface area contributed by atoms with E-state index in [9.17, 15) is 4.79 Å². The molecule has 0 saturated heterocycles. The van der Waals surface area contributed by atoms with Crippen LogP contribution in [0.2, 0.25) is 0 Å². The molecule has 0 aromatic carbocycles. The highest BCUT2D eigenvalue weighted by Crippen LogP contribution is 2.13. The van der Waals surface area contributed by atoms with Crippen molar-refractivity contribution in [2.45, 2.75) is 0 Å². The fourth-order valence-electron chi connectivity index (χ4n) is 0.834. The van der Waals surface area contributed by atoms with Crippen LogP contribution in [0.1, 0.15) is 4.88 Å². The van der Waals surface area contributed by atoms with Gasteiger partial charge in [-0.3, -0.25) is 4.79 Å². The van der Waals surface area contributed by atoms with Crippen molar-refractivity contribution in [3.8, 4) is 0 Å². The molecule has 2 rings (SSSR count). The van der Waals surface area contributed by atoms with E-state index in [-0.39, 0.29) is 12.5 Å². The fraction of sp³-hybridized carbons (Fsp3) is 0.143. The molecule has 3 nitrogen and oxygen atoms in total. The van der Waals surface area contributed by atoms with Crippen molar-refractivity contribution in [3.63, 3.8) is 0 Å². The lowest BCUT2D eigenvalue weighted by molar-refractivity contribution is -0.118. The van der Waals surface area contributed by atoms with Crippen molar-refractivity contribution in [2.75, 3.05) is 6.61 Å². The number of ether oxygens (including phenoxy) is 1. The number of carbonyl (C=O) groups excluding carboxylic acids is 1. The van der Waals surface area contributed by atoms with Crippen LogP contribution in [0.25, 0.3) is 0 Å². The van der Waals surface area contributed by atoms with Gasteiger partial charge in [-0.05, 0) is 11.4 Å². The summed E-state index contributed by atoms with van der Waals surface area (Å²) in [6.07, 6.45) is 0. The highest BCUT2D eigenvalue weighted by molar-refractivity contribution is 7.12. The first-order valence-corrected chi connectivity index (χ1v) is 4.02. The molecule has 0 N–H and O–H groups in total. The molecule has 1 aliphatic heterocycles. The van der Waals surface area contributed by atoms with Gasteiger partial charge in [-0.15, -0.1) is 11.3 Å². The molecule has 2 heterocycles. The van der Waals surface area contributed by atoms with Crippen LogP contribution in [0.3, 0.4) is 0 Å². The van der Waals surface area contributed by atoms with Gasteiger partial charge in [0.25, 0.3) is 5.91 Å². The van der Waals surface area contributed by atoms with Crippen molar-refractivity contribution in [3.05, 3.63) is 22.4 Å². The first-order chi connectivity index (χ1) is 5.36. The van der Waals surface area contributed by atoms with Crippen molar-refractivity contribution in [1.29, 1.82) is 0 Å². The maximum absolute atomic E-state index is 10.6. The Hall–Kier alpha value is -1.16.